The van der Waals surface area contributed by atoms with Crippen molar-refractivity contribution in [1.29, 1.82) is 0 Å². The van der Waals surface area contributed by atoms with Crippen LogP contribution in [0.1, 0.15) is 36.9 Å². The number of ether oxygens (including phenoxy) is 1. The first-order valence-electron chi connectivity index (χ1n) is 8.47. The smallest absolute Gasteiger partial charge is 0.226 e. The third-order valence-electron chi connectivity index (χ3n) is 4.87. The topological polar surface area (TPSA) is 41.6 Å². The molecular weight excluding hydrogens is 276 g/mol. The third-order valence-corrected chi connectivity index (χ3v) is 4.87. The standard InChI is InChI=1S/C18H26N2O2/c1-2-14-3-5-15(6-4-14)17-13-19-9-10-20(17)18(21)16-7-11-22-12-8-16/h3-6,16-17,19H,2,7-13H2,1H3. The van der Waals surface area contributed by atoms with E-state index >= 15 is 0 Å². The molecule has 2 aliphatic heterocycles. The van der Waals surface area contributed by atoms with E-state index in [0.29, 0.717) is 5.91 Å². The van der Waals surface area contributed by atoms with Crippen LogP contribution in [-0.4, -0.2) is 43.7 Å². The molecule has 0 aliphatic carbocycles. The normalized spacial score (nSPS) is 23.5. The van der Waals surface area contributed by atoms with E-state index in [1.807, 2.05) is 0 Å². The van der Waals surface area contributed by atoms with E-state index in [9.17, 15) is 4.79 Å². The minimum atomic E-state index is 0.143. The van der Waals surface area contributed by atoms with Gasteiger partial charge in [-0.2, -0.15) is 0 Å². The minimum absolute atomic E-state index is 0.143. The summed E-state index contributed by atoms with van der Waals surface area (Å²) in [5.74, 6) is 0.457. The Morgan fingerprint density at radius 1 is 1.27 bits per heavy atom. The Balaban J connectivity index is 1.76. The fourth-order valence-corrected chi connectivity index (χ4v) is 3.42. The summed E-state index contributed by atoms with van der Waals surface area (Å²) in [5.41, 5.74) is 2.58. The molecule has 2 aliphatic rings. The van der Waals surface area contributed by atoms with Gasteiger partial charge in [-0.1, -0.05) is 31.2 Å². The average molecular weight is 302 g/mol. The molecule has 0 radical (unpaired) electrons. The van der Waals surface area contributed by atoms with Gasteiger partial charge in [0, 0.05) is 38.8 Å². The molecular formula is C18H26N2O2. The SMILES string of the molecule is CCc1ccc(C2CNCCN2C(=O)C2CCOCC2)cc1. The van der Waals surface area contributed by atoms with Crippen LogP contribution in [0.15, 0.2) is 24.3 Å². The zero-order valence-electron chi connectivity index (χ0n) is 13.4. The van der Waals surface area contributed by atoms with Crippen molar-refractivity contribution >= 4 is 5.91 Å². The van der Waals surface area contributed by atoms with Gasteiger partial charge in [0.2, 0.25) is 5.91 Å². The van der Waals surface area contributed by atoms with E-state index in [2.05, 4.69) is 41.4 Å². The lowest BCUT2D eigenvalue weighted by molar-refractivity contribution is -0.142. The highest BCUT2D eigenvalue weighted by molar-refractivity contribution is 5.79. The molecule has 2 saturated heterocycles. The fourth-order valence-electron chi connectivity index (χ4n) is 3.42. The lowest BCUT2D eigenvalue weighted by Gasteiger charge is -2.39. The van der Waals surface area contributed by atoms with Crippen molar-refractivity contribution in [2.75, 3.05) is 32.8 Å². The van der Waals surface area contributed by atoms with E-state index in [-0.39, 0.29) is 12.0 Å². The van der Waals surface area contributed by atoms with Crippen molar-refractivity contribution in [2.24, 2.45) is 5.92 Å². The number of hydrogen-bond acceptors (Lipinski definition) is 3. The molecule has 1 amide bonds. The molecule has 2 heterocycles. The van der Waals surface area contributed by atoms with Crippen molar-refractivity contribution in [1.82, 2.24) is 10.2 Å². The van der Waals surface area contributed by atoms with Crippen LogP contribution in [0.2, 0.25) is 0 Å². The number of carbonyl (C=O) groups is 1. The number of nitrogens with zero attached hydrogens (tertiary/aromatic N) is 1. The molecule has 1 N–H and O–H groups in total. The van der Waals surface area contributed by atoms with E-state index in [4.69, 9.17) is 4.74 Å². The highest BCUT2D eigenvalue weighted by atomic mass is 16.5. The number of nitrogens with one attached hydrogen (secondary N) is 1. The van der Waals surface area contributed by atoms with Crippen LogP contribution in [0, 0.1) is 5.92 Å². The van der Waals surface area contributed by atoms with Crippen LogP contribution in [0.4, 0.5) is 0 Å². The second-order valence-corrected chi connectivity index (χ2v) is 6.23. The molecule has 120 valence electrons. The van der Waals surface area contributed by atoms with Crippen LogP contribution in [-0.2, 0) is 16.0 Å². The Morgan fingerprint density at radius 2 is 2.00 bits per heavy atom. The lowest BCUT2D eigenvalue weighted by Crippen LogP contribution is -2.51. The molecule has 1 aromatic carbocycles. The predicted octanol–water partition coefficient (Wildman–Crippen LogP) is 2.15. The second kappa shape index (κ2) is 7.25. The van der Waals surface area contributed by atoms with Gasteiger partial charge in [-0.3, -0.25) is 4.79 Å². The number of carbonyl (C=O) groups excluding carboxylic acids is 1. The first kappa shape index (κ1) is 15.5. The van der Waals surface area contributed by atoms with Gasteiger partial charge in [-0.25, -0.2) is 0 Å². The van der Waals surface area contributed by atoms with Crippen molar-refractivity contribution in [3.05, 3.63) is 35.4 Å². The minimum Gasteiger partial charge on any atom is -0.381 e. The Labute approximate surface area is 132 Å². The van der Waals surface area contributed by atoms with Crippen LogP contribution in [0.5, 0.6) is 0 Å². The summed E-state index contributed by atoms with van der Waals surface area (Å²) < 4.78 is 5.39. The molecule has 22 heavy (non-hydrogen) atoms. The summed E-state index contributed by atoms with van der Waals surface area (Å²) in [5, 5.41) is 3.43. The summed E-state index contributed by atoms with van der Waals surface area (Å²) >= 11 is 0. The van der Waals surface area contributed by atoms with Crippen molar-refractivity contribution in [3.63, 3.8) is 0 Å². The fraction of sp³-hybridized carbons (Fsp3) is 0.611. The second-order valence-electron chi connectivity index (χ2n) is 6.23. The number of benzene rings is 1. The maximum atomic E-state index is 12.9. The van der Waals surface area contributed by atoms with Gasteiger partial charge in [0.05, 0.1) is 6.04 Å². The van der Waals surface area contributed by atoms with Gasteiger partial charge in [-0.05, 0) is 30.4 Å². The summed E-state index contributed by atoms with van der Waals surface area (Å²) in [6, 6.07) is 8.89. The van der Waals surface area contributed by atoms with Crippen LogP contribution in [0.25, 0.3) is 0 Å². The molecule has 2 fully saturated rings. The van der Waals surface area contributed by atoms with Gasteiger partial charge in [-0.15, -0.1) is 0 Å². The van der Waals surface area contributed by atoms with E-state index in [1.54, 1.807) is 0 Å². The van der Waals surface area contributed by atoms with Crippen LogP contribution >= 0.6 is 0 Å². The first-order valence-corrected chi connectivity index (χ1v) is 8.47. The zero-order chi connectivity index (χ0) is 15.4. The number of hydrogen-bond donors (Lipinski definition) is 1. The van der Waals surface area contributed by atoms with Gasteiger partial charge in [0.15, 0.2) is 0 Å². The Bertz CT molecular complexity index is 494. The monoisotopic (exact) mass is 302 g/mol. The molecule has 4 nitrogen and oxygen atoms in total. The van der Waals surface area contributed by atoms with Gasteiger partial charge in [0.25, 0.3) is 0 Å². The highest BCUT2D eigenvalue weighted by Gasteiger charge is 2.33. The van der Waals surface area contributed by atoms with Crippen LogP contribution in [0.3, 0.4) is 0 Å². The molecule has 0 saturated carbocycles. The molecule has 4 heteroatoms. The average Bonchev–Trinajstić information content (AvgIpc) is 2.62. The zero-order valence-corrected chi connectivity index (χ0v) is 13.4. The van der Waals surface area contributed by atoms with Gasteiger partial charge in [0.1, 0.15) is 0 Å². The summed E-state index contributed by atoms with van der Waals surface area (Å²) in [7, 11) is 0. The Hall–Kier alpha value is -1.39. The molecule has 0 spiro atoms. The number of piperazine rings is 1. The maximum absolute atomic E-state index is 12.9. The largest absolute Gasteiger partial charge is 0.381 e. The summed E-state index contributed by atoms with van der Waals surface area (Å²) in [6.07, 6.45) is 2.78. The van der Waals surface area contributed by atoms with Gasteiger partial charge >= 0.3 is 0 Å². The summed E-state index contributed by atoms with van der Waals surface area (Å²) in [4.78, 5) is 15.0. The van der Waals surface area contributed by atoms with Crippen molar-refractivity contribution < 1.29 is 9.53 Å². The highest BCUT2D eigenvalue weighted by Crippen LogP contribution is 2.27. The number of rotatable bonds is 3. The van der Waals surface area contributed by atoms with E-state index in [0.717, 1.165) is 52.1 Å². The van der Waals surface area contributed by atoms with E-state index in [1.165, 1.54) is 11.1 Å². The predicted molar refractivity (Wildman–Crippen MR) is 86.7 cm³/mol. The van der Waals surface area contributed by atoms with Gasteiger partial charge < -0.3 is 15.0 Å². The number of aryl methyl sites for hydroxylation is 1. The maximum Gasteiger partial charge on any atom is 0.226 e. The molecule has 0 aromatic heterocycles. The number of amides is 1. The molecule has 0 bridgehead atoms. The molecule has 1 unspecified atom stereocenters. The van der Waals surface area contributed by atoms with Crippen LogP contribution < -0.4 is 5.32 Å². The quantitative estimate of drug-likeness (QED) is 0.930. The summed E-state index contributed by atoms with van der Waals surface area (Å²) in [6.45, 7) is 6.14. The van der Waals surface area contributed by atoms with Crippen molar-refractivity contribution in [2.45, 2.75) is 32.2 Å². The molecule has 1 atom stereocenters. The van der Waals surface area contributed by atoms with Crippen molar-refractivity contribution in [3.8, 4) is 0 Å². The molecule has 3 rings (SSSR count). The third kappa shape index (κ3) is 3.33. The first-order chi connectivity index (χ1) is 10.8. The Kier molecular flexibility index (Phi) is 5.11. The Morgan fingerprint density at radius 3 is 2.68 bits per heavy atom. The molecule has 1 aromatic rings. The lowest BCUT2D eigenvalue weighted by atomic mass is 9.95. The van der Waals surface area contributed by atoms with E-state index < -0.39 is 0 Å².